The number of rotatable bonds is 8. The number of alkyl halides is 3. The standard InChI is InChI=1S/C18H19ClF3N3O4S/c1-3-7-30(27,28)25-15-6-4-5-14(11(15)2)24-16(26)12-8-13(19)17(23-9-12)29-10-18(20,21)22/h4-6,8-9,25H,3,7,10H2,1-2H3,(H,24,26). The molecule has 2 rings (SSSR count). The molecule has 1 aromatic heterocycles. The number of benzene rings is 1. The van der Waals surface area contributed by atoms with Crippen LogP contribution in [0.3, 0.4) is 0 Å². The van der Waals surface area contributed by atoms with Crippen LogP contribution in [0, 0.1) is 6.92 Å². The number of halogens is 4. The predicted octanol–water partition coefficient (Wildman–Crippen LogP) is 4.39. The van der Waals surface area contributed by atoms with Gasteiger partial charge < -0.3 is 10.1 Å². The van der Waals surface area contributed by atoms with E-state index in [9.17, 15) is 26.4 Å². The Bertz CT molecular complexity index is 1030. The molecule has 1 aromatic carbocycles. The summed E-state index contributed by atoms with van der Waals surface area (Å²) in [5, 5.41) is 2.33. The molecule has 0 fully saturated rings. The second-order valence-electron chi connectivity index (χ2n) is 6.27. The molecule has 164 valence electrons. The normalized spacial score (nSPS) is 11.8. The molecule has 12 heteroatoms. The summed E-state index contributed by atoms with van der Waals surface area (Å²) in [5.74, 6) is -1.13. The van der Waals surface area contributed by atoms with Gasteiger partial charge in [0.25, 0.3) is 5.91 Å². The molecule has 1 amide bonds. The minimum absolute atomic E-state index is 0.0178. The third kappa shape index (κ3) is 6.77. The Balaban J connectivity index is 2.16. The highest BCUT2D eigenvalue weighted by atomic mass is 35.5. The van der Waals surface area contributed by atoms with Crippen molar-refractivity contribution in [3.63, 3.8) is 0 Å². The van der Waals surface area contributed by atoms with Crippen molar-refractivity contribution >= 4 is 38.9 Å². The highest BCUT2D eigenvalue weighted by molar-refractivity contribution is 7.92. The average molecular weight is 466 g/mol. The number of sulfonamides is 1. The van der Waals surface area contributed by atoms with Crippen LogP contribution in [-0.4, -0.2) is 37.8 Å². The number of aromatic nitrogens is 1. The quantitative estimate of drug-likeness (QED) is 0.602. The van der Waals surface area contributed by atoms with Crippen molar-refractivity contribution in [3.8, 4) is 5.88 Å². The van der Waals surface area contributed by atoms with Crippen LogP contribution >= 0.6 is 11.6 Å². The van der Waals surface area contributed by atoms with Gasteiger partial charge in [0.1, 0.15) is 5.02 Å². The topological polar surface area (TPSA) is 97.4 Å². The molecule has 0 atom stereocenters. The van der Waals surface area contributed by atoms with Gasteiger partial charge in [-0.2, -0.15) is 13.2 Å². The molecule has 7 nitrogen and oxygen atoms in total. The van der Waals surface area contributed by atoms with Gasteiger partial charge in [0, 0.05) is 11.9 Å². The molecule has 30 heavy (non-hydrogen) atoms. The Labute approximate surface area is 176 Å². The van der Waals surface area contributed by atoms with E-state index in [2.05, 4.69) is 19.8 Å². The minimum atomic E-state index is -4.55. The first-order valence-electron chi connectivity index (χ1n) is 8.68. The van der Waals surface area contributed by atoms with Crippen LogP contribution in [0.1, 0.15) is 29.3 Å². The second-order valence-corrected chi connectivity index (χ2v) is 8.52. The number of anilines is 2. The van der Waals surface area contributed by atoms with Gasteiger partial charge in [-0.3, -0.25) is 9.52 Å². The first-order chi connectivity index (χ1) is 13.9. The third-order valence-electron chi connectivity index (χ3n) is 3.76. The third-order valence-corrected chi connectivity index (χ3v) is 5.51. The first-order valence-corrected chi connectivity index (χ1v) is 10.7. The fourth-order valence-electron chi connectivity index (χ4n) is 2.37. The highest BCUT2D eigenvalue weighted by Gasteiger charge is 2.29. The number of nitrogens with zero attached hydrogens (tertiary/aromatic N) is 1. The summed E-state index contributed by atoms with van der Waals surface area (Å²) in [6.07, 6.45) is -3.08. The molecule has 0 saturated heterocycles. The van der Waals surface area contributed by atoms with E-state index in [1.54, 1.807) is 32.0 Å². The van der Waals surface area contributed by atoms with Gasteiger partial charge >= 0.3 is 6.18 Å². The van der Waals surface area contributed by atoms with Crippen molar-refractivity contribution in [2.45, 2.75) is 26.4 Å². The van der Waals surface area contributed by atoms with E-state index in [1.807, 2.05) is 0 Å². The fraction of sp³-hybridized carbons (Fsp3) is 0.333. The van der Waals surface area contributed by atoms with Gasteiger partial charge in [-0.1, -0.05) is 24.6 Å². The molecule has 0 aliphatic carbocycles. The average Bonchev–Trinajstić information content (AvgIpc) is 2.63. The lowest BCUT2D eigenvalue weighted by atomic mass is 10.1. The molecule has 0 bridgehead atoms. The Morgan fingerprint density at radius 2 is 1.93 bits per heavy atom. The molecular weight excluding hydrogens is 447 g/mol. The van der Waals surface area contributed by atoms with Crippen molar-refractivity contribution in [1.82, 2.24) is 4.98 Å². The second kappa shape index (κ2) is 9.52. The number of ether oxygens (including phenoxy) is 1. The molecule has 2 aromatic rings. The van der Waals surface area contributed by atoms with Crippen LogP contribution in [0.4, 0.5) is 24.5 Å². The highest BCUT2D eigenvalue weighted by Crippen LogP contribution is 2.27. The monoisotopic (exact) mass is 465 g/mol. The number of pyridine rings is 1. The molecule has 0 unspecified atom stereocenters. The SMILES string of the molecule is CCCS(=O)(=O)Nc1cccc(NC(=O)c2cnc(OCC(F)(F)F)c(Cl)c2)c1C. The van der Waals surface area contributed by atoms with E-state index in [1.165, 1.54) is 0 Å². The molecule has 1 heterocycles. The number of carbonyl (C=O) groups is 1. The maximum Gasteiger partial charge on any atom is 0.422 e. The zero-order chi connectivity index (χ0) is 22.5. The molecule has 0 saturated carbocycles. The fourth-order valence-corrected chi connectivity index (χ4v) is 3.79. The lowest BCUT2D eigenvalue weighted by Crippen LogP contribution is -2.20. The van der Waals surface area contributed by atoms with Gasteiger partial charge in [-0.05, 0) is 37.1 Å². The molecule has 0 spiro atoms. The number of nitrogens with one attached hydrogen (secondary N) is 2. The number of amides is 1. The Hall–Kier alpha value is -2.53. The lowest BCUT2D eigenvalue weighted by Gasteiger charge is -2.14. The van der Waals surface area contributed by atoms with Crippen molar-refractivity contribution in [2.24, 2.45) is 0 Å². The number of carbonyl (C=O) groups excluding carboxylic acids is 1. The van der Waals surface area contributed by atoms with Crippen LogP contribution in [0.15, 0.2) is 30.5 Å². The van der Waals surface area contributed by atoms with E-state index in [4.69, 9.17) is 11.6 Å². The van der Waals surface area contributed by atoms with Crippen molar-refractivity contribution in [1.29, 1.82) is 0 Å². The van der Waals surface area contributed by atoms with E-state index >= 15 is 0 Å². The Kier molecular flexibility index (Phi) is 7.54. The summed E-state index contributed by atoms with van der Waals surface area (Å²) in [7, 11) is -3.52. The van der Waals surface area contributed by atoms with E-state index in [0.717, 1.165) is 12.3 Å². The van der Waals surface area contributed by atoms with Gasteiger partial charge in [-0.25, -0.2) is 13.4 Å². The zero-order valence-electron chi connectivity index (χ0n) is 16.0. The Morgan fingerprint density at radius 1 is 1.27 bits per heavy atom. The molecule has 2 N–H and O–H groups in total. The van der Waals surface area contributed by atoms with E-state index < -0.39 is 34.6 Å². The molecule has 0 aliphatic heterocycles. The Morgan fingerprint density at radius 3 is 2.53 bits per heavy atom. The van der Waals surface area contributed by atoms with Crippen molar-refractivity contribution < 1.29 is 31.1 Å². The van der Waals surface area contributed by atoms with Gasteiger partial charge in [0.2, 0.25) is 15.9 Å². The first kappa shape index (κ1) is 23.7. The smallest absolute Gasteiger partial charge is 0.422 e. The van der Waals surface area contributed by atoms with Crippen molar-refractivity contribution in [3.05, 3.63) is 46.6 Å². The summed E-state index contributed by atoms with van der Waals surface area (Å²) in [6.45, 7) is 1.80. The maximum absolute atomic E-state index is 12.5. The number of hydrogen-bond donors (Lipinski definition) is 2. The lowest BCUT2D eigenvalue weighted by molar-refractivity contribution is -0.154. The van der Waals surface area contributed by atoms with Crippen LogP contribution < -0.4 is 14.8 Å². The minimum Gasteiger partial charge on any atom is -0.467 e. The predicted molar refractivity (Wildman–Crippen MR) is 108 cm³/mol. The van der Waals surface area contributed by atoms with Crippen LogP contribution in [0.2, 0.25) is 5.02 Å². The van der Waals surface area contributed by atoms with Gasteiger partial charge in [-0.15, -0.1) is 0 Å². The van der Waals surface area contributed by atoms with Crippen LogP contribution in [0.5, 0.6) is 5.88 Å². The summed E-state index contributed by atoms with van der Waals surface area (Å²) < 4.78 is 67.6. The van der Waals surface area contributed by atoms with Gasteiger partial charge in [0.05, 0.1) is 17.0 Å². The molecule has 0 radical (unpaired) electrons. The number of hydrogen-bond acceptors (Lipinski definition) is 5. The summed E-state index contributed by atoms with van der Waals surface area (Å²) in [4.78, 5) is 16.1. The van der Waals surface area contributed by atoms with E-state index in [0.29, 0.717) is 23.4 Å². The van der Waals surface area contributed by atoms with E-state index in [-0.39, 0.29) is 16.3 Å². The summed E-state index contributed by atoms with van der Waals surface area (Å²) >= 11 is 5.85. The van der Waals surface area contributed by atoms with Crippen molar-refractivity contribution in [2.75, 3.05) is 22.4 Å². The zero-order valence-corrected chi connectivity index (χ0v) is 17.6. The van der Waals surface area contributed by atoms with Gasteiger partial charge in [0.15, 0.2) is 6.61 Å². The van der Waals surface area contributed by atoms with Crippen LogP contribution in [0.25, 0.3) is 0 Å². The summed E-state index contributed by atoms with van der Waals surface area (Å²) in [5.41, 5.74) is 1.11. The van der Waals surface area contributed by atoms with Crippen LogP contribution in [-0.2, 0) is 10.0 Å². The maximum atomic E-state index is 12.5. The molecule has 0 aliphatic rings. The largest absolute Gasteiger partial charge is 0.467 e. The summed E-state index contributed by atoms with van der Waals surface area (Å²) in [6, 6.07) is 5.81. The molecular formula is C18H19ClF3N3O4S.